The van der Waals surface area contributed by atoms with Crippen molar-refractivity contribution in [2.24, 2.45) is 4.99 Å². The maximum Gasteiger partial charge on any atom is 0.0669 e. The van der Waals surface area contributed by atoms with Crippen LogP contribution in [0.3, 0.4) is 0 Å². The van der Waals surface area contributed by atoms with Gasteiger partial charge in [-0.25, -0.2) is 0 Å². The highest BCUT2D eigenvalue weighted by Crippen LogP contribution is 2.18. The van der Waals surface area contributed by atoms with Crippen molar-refractivity contribution in [3.05, 3.63) is 81.9 Å². The lowest BCUT2D eigenvalue weighted by atomic mass is 9.96. The zero-order valence-corrected chi connectivity index (χ0v) is 14.3. The van der Waals surface area contributed by atoms with E-state index in [4.69, 9.17) is 0 Å². The van der Waals surface area contributed by atoms with Gasteiger partial charge >= 0.3 is 0 Å². The van der Waals surface area contributed by atoms with Gasteiger partial charge in [0.2, 0.25) is 0 Å². The number of nitrogens with zero attached hydrogens (tertiary/aromatic N) is 1. The standard InChI is InChI=1S/C21H25N/c1-15-13-17(3)18(4)20(14-15)12-11-16(2)21(22-5)19-9-7-6-8-10-19/h6-11,13-14H,12H2,1-5H3/b16-11-,22-21?. The molecule has 0 amide bonds. The molecular formula is C21H25N. The smallest absolute Gasteiger partial charge is 0.0669 e. The van der Waals surface area contributed by atoms with Crippen LogP contribution in [0.2, 0.25) is 0 Å². The van der Waals surface area contributed by atoms with Gasteiger partial charge in [0.1, 0.15) is 0 Å². The van der Waals surface area contributed by atoms with Gasteiger partial charge in [0.25, 0.3) is 0 Å². The summed E-state index contributed by atoms with van der Waals surface area (Å²) in [4.78, 5) is 4.48. The first-order chi connectivity index (χ1) is 10.5. The molecule has 22 heavy (non-hydrogen) atoms. The van der Waals surface area contributed by atoms with E-state index in [9.17, 15) is 0 Å². The van der Waals surface area contributed by atoms with E-state index in [2.05, 4.69) is 75.2 Å². The van der Waals surface area contributed by atoms with Crippen molar-refractivity contribution in [1.29, 1.82) is 0 Å². The Morgan fingerprint density at radius 3 is 2.36 bits per heavy atom. The van der Waals surface area contributed by atoms with E-state index in [1.54, 1.807) is 0 Å². The first-order valence-corrected chi connectivity index (χ1v) is 7.79. The second kappa shape index (κ2) is 7.22. The Balaban J connectivity index is 2.26. The Hall–Kier alpha value is -2.15. The molecule has 0 aliphatic rings. The molecule has 0 saturated carbocycles. The molecule has 2 aromatic rings. The lowest BCUT2D eigenvalue weighted by Crippen LogP contribution is -2.03. The molecule has 2 aromatic carbocycles. The summed E-state index contributed by atoms with van der Waals surface area (Å²) in [6, 6.07) is 14.9. The third-order valence-corrected chi connectivity index (χ3v) is 4.19. The third-order valence-electron chi connectivity index (χ3n) is 4.19. The summed E-state index contributed by atoms with van der Waals surface area (Å²) in [5.41, 5.74) is 8.97. The summed E-state index contributed by atoms with van der Waals surface area (Å²) in [6.07, 6.45) is 3.24. The summed E-state index contributed by atoms with van der Waals surface area (Å²) in [6.45, 7) is 8.70. The van der Waals surface area contributed by atoms with Gasteiger partial charge in [0.05, 0.1) is 5.71 Å². The summed E-state index contributed by atoms with van der Waals surface area (Å²) in [5.74, 6) is 0. The summed E-state index contributed by atoms with van der Waals surface area (Å²) in [7, 11) is 1.86. The second-order valence-corrected chi connectivity index (χ2v) is 5.90. The number of aryl methyl sites for hydroxylation is 2. The van der Waals surface area contributed by atoms with Crippen LogP contribution in [0.15, 0.2) is 59.1 Å². The molecule has 1 nitrogen and oxygen atoms in total. The monoisotopic (exact) mass is 291 g/mol. The van der Waals surface area contributed by atoms with Crippen LogP contribution in [-0.2, 0) is 6.42 Å². The number of benzene rings is 2. The lowest BCUT2D eigenvalue weighted by molar-refractivity contribution is 1.15. The van der Waals surface area contributed by atoms with Gasteiger partial charge in [-0.15, -0.1) is 0 Å². The molecule has 0 fully saturated rings. The zero-order chi connectivity index (χ0) is 16.1. The maximum absolute atomic E-state index is 4.48. The van der Waals surface area contributed by atoms with Crippen LogP contribution < -0.4 is 0 Å². The highest BCUT2D eigenvalue weighted by atomic mass is 14.7. The van der Waals surface area contributed by atoms with Gasteiger partial charge in [-0.1, -0.05) is 54.1 Å². The van der Waals surface area contributed by atoms with E-state index in [0.717, 1.165) is 12.1 Å². The van der Waals surface area contributed by atoms with Crippen molar-refractivity contribution in [3.63, 3.8) is 0 Å². The lowest BCUT2D eigenvalue weighted by Gasteiger charge is -2.10. The Bertz CT molecular complexity index is 706. The number of hydrogen-bond donors (Lipinski definition) is 0. The Kier molecular flexibility index (Phi) is 5.32. The quantitative estimate of drug-likeness (QED) is 0.685. The van der Waals surface area contributed by atoms with E-state index >= 15 is 0 Å². The molecule has 114 valence electrons. The van der Waals surface area contributed by atoms with Crippen molar-refractivity contribution < 1.29 is 0 Å². The molecule has 0 bridgehead atoms. The largest absolute Gasteiger partial charge is 0.288 e. The van der Waals surface area contributed by atoms with Crippen molar-refractivity contribution in [2.45, 2.75) is 34.1 Å². The minimum atomic E-state index is 0.950. The molecule has 2 rings (SSSR count). The number of aliphatic imine (C=N–C) groups is 1. The molecule has 0 radical (unpaired) electrons. The van der Waals surface area contributed by atoms with Crippen molar-refractivity contribution in [2.75, 3.05) is 7.05 Å². The first-order valence-electron chi connectivity index (χ1n) is 7.79. The highest BCUT2D eigenvalue weighted by molar-refractivity contribution is 6.12. The summed E-state index contributed by atoms with van der Waals surface area (Å²) >= 11 is 0. The molecule has 0 atom stereocenters. The molecule has 0 unspecified atom stereocenters. The van der Waals surface area contributed by atoms with Gasteiger partial charge in [-0.3, -0.25) is 4.99 Å². The van der Waals surface area contributed by atoms with Gasteiger partial charge in [0.15, 0.2) is 0 Å². The van der Waals surface area contributed by atoms with Gasteiger partial charge in [-0.05, 0) is 61.9 Å². The van der Waals surface area contributed by atoms with Crippen molar-refractivity contribution in [3.8, 4) is 0 Å². The fraction of sp³-hybridized carbons (Fsp3) is 0.286. The van der Waals surface area contributed by atoms with Gasteiger partial charge < -0.3 is 0 Å². The number of rotatable bonds is 4. The van der Waals surface area contributed by atoms with E-state index in [0.29, 0.717) is 0 Å². The minimum absolute atomic E-state index is 0.950. The van der Waals surface area contributed by atoms with Crippen LogP contribution in [0.4, 0.5) is 0 Å². The van der Waals surface area contributed by atoms with Gasteiger partial charge in [0, 0.05) is 7.05 Å². The normalized spacial score (nSPS) is 12.6. The van der Waals surface area contributed by atoms with E-state index in [1.165, 1.54) is 33.4 Å². The van der Waals surface area contributed by atoms with Crippen LogP contribution in [0, 0.1) is 20.8 Å². The van der Waals surface area contributed by atoms with E-state index < -0.39 is 0 Å². The molecule has 0 aliphatic heterocycles. The summed E-state index contributed by atoms with van der Waals surface area (Å²) < 4.78 is 0. The van der Waals surface area contributed by atoms with Crippen LogP contribution in [0.1, 0.15) is 34.7 Å². The SMILES string of the molecule is CN=C(/C(C)=C\Cc1cc(C)cc(C)c1C)c1ccccc1. The summed E-state index contributed by atoms with van der Waals surface area (Å²) in [5, 5.41) is 0. The molecule has 0 aliphatic carbocycles. The van der Waals surface area contributed by atoms with Crippen LogP contribution in [-0.4, -0.2) is 12.8 Å². The number of hydrogen-bond acceptors (Lipinski definition) is 1. The highest BCUT2D eigenvalue weighted by Gasteiger charge is 2.06. The fourth-order valence-electron chi connectivity index (χ4n) is 2.83. The van der Waals surface area contributed by atoms with Crippen LogP contribution in [0.5, 0.6) is 0 Å². The minimum Gasteiger partial charge on any atom is -0.288 e. The Labute approximate surface area is 134 Å². The molecule has 0 aromatic heterocycles. The fourth-order valence-corrected chi connectivity index (χ4v) is 2.83. The molecule has 0 heterocycles. The average Bonchev–Trinajstić information content (AvgIpc) is 2.51. The molecule has 1 heteroatoms. The first kappa shape index (κ1) is 16.2. The average molecular weight is 291 g/mol. The van der Waals surface area contributed by atoms with Crippen molar-refractivity contribution >= 4 is 5.71 Å². The Morgan fingerprint density at radius 2 is 1.73 bits per heavy atom. The van der Waals surface area contributed by atoms with Gasteiger partial charge in [-0.2, -0.15) is 0 Å². The third kappa shape index (κ3) is 3.73. The predicted molar refractivity (Wildman–Crippen MR) is 97.0 cm³/mol. The van der Waals surface area contributed by atoms with E-state index in [1.807, 2.05) is 13.1 Å². The predicted octanol–water partition coefficient (Wildman–Crippen LogP) is 5.22. The van der Waals surface area contributed by atoms with Crippen molar-refractivity contribution in [1.82, 2.24) is 0 Å². The maximum atomic E-state index is 4.48. The van der Waals surface area contributed by atoms with E-state index in [-0.39, 0.29) is 0 Å². The van der Waals surface area contributed by atoms with Crippen LogP contribution >= 0.6 is 0 Å². The van der Waals surface area contributed by atoms with Crippen LogP contribution in [0.25, 0.3) is 0 Å². The zero-order valence-electron chi connectivity index (χ0n) is 14.3. The Morgan fingerprint density at radius 1 is 1.05 bits per heavy atom. The second-order valence-electron chi connectivity index (χ2n) is 5.90. The molecular weight excluding hydrogens is 266 g/mol. The molecule has 0 N–H and O–H groups in total. The number of allylic oxidation sites excluding steroid dienone is 2. The molecule has 0 saturated heterocycles. The topological polar surface area (TPSA) is 12.4 Å². The molecule has 0 spiro atoms.